The average molecular weight is 513 g/mol. The molecule has 5 fully saturated rings. The van der Waals surface area contributed by atoms with E-state index >= 15 is 0 Å². The smallest absolute Gasteiger partial charge is 0.309 e. The van der Waals surface area contributed by atoms with Gasteiger partial charge in [0.15, 0.2) is 6.29 Å². The lowest BCUT2D eigenvalue weighted by Crippen LogP contribution is -2.69. The van der Waals surface area contributed by atoms with Gasteiger partial charge in [0.1, 0.15) is 24.4 Å². The Hall–Kier alpha value is -1.11. The van der Waals surface area contributed by atoms with Crippen molar-refractivity contribution in [1.29, 1.82) is 0 Å². The second-order valence-corrected chi connectivity index (χ2v) is 12.5. The summed E-state index contributed by atoms with van der Waals surface area (Å²) in [7, 11) is 0. The monoisotopic (exact) mass is 512 g/mol. The molecule has 4 saturated carbocycles. The van der Waals surface area contributed by atoms with Crippen molar-refractivity contribution in [3.63, 3.8) is 0 Å². The van der Waals surface area contributed by atoms with Crippen molar-refractivity contribution in [2.45, 2.75) is 101 Å². The molecule has 10 heteroatoms. The van der Waals surface area contributed by atoms with Gasteiger partial charge in [0.25, 0.3) is 0 Å². The highest BCUT2D eigenvalue weighted by atomic mass is 16.7. The predicted octanol–water partition coefficient (Wildman–Crippen LogP) is -0.223. The Bertz CT molecular complexity index is 909. The Kier molecular flexibility index (Phi) is 6.41. The molecule has 7 N–H and O–H groups in total. The molecule has 4 aliphatic carbocycles. The van der Waals surface area contributed by atoms with E-state index in [1.54, 1.807) is 6.92 Å². The van der Waals surface area contributed by atoms with Crippen molar-refractivity contribution in [2.75, 3.05) is 6.61 Å². The number of fused-ring (bicyclic) bond motifs is 3. The maximum absolute atomic E-state index is 12.6. The van der Waals surface area contributed by atoms with Gasteiger partial charge in [-0.05, 0) is 61.9 Å². The van der Waals surface area contributed by atoms with Crippen LogP contribution in [0.3, 0.4) is 0 Å². The lowest BCUT2D eigenvalue weighted by molar-refractivity contribution is -0.344. The van der Waals surface area contributed by atoms with Crippen LogP contribution in [0.4, 0.5) is 0 Å². The molecule has 5 rings (SSSR count). The number of aliphatic hydroxyl groups excluding tert-OH is 6. The van der Waals surface area contributed by atoms with Crippen LogP contribution in [0.2, 0.25) is 0 Å². The number of hydrogen-bond acceptors (Lipinski definition) is 9. The number of rotatable bonds is 4. The minimum Gasteiger partial charge on any atom is -0.481 e. The number of ether oxygens (including phenoxy) is 2. The molecule has 204 valence electrons. The summed E-state index contributed by atoms with van der Waals surface area (Å²) >= 11 is 0. The Morgan fingerprint density at radius 1 is 1.08 bits per heavy atom. The fourth-order valence-electron chi connectivity index (χ4n) is 9.14. The predicted molar refractivity (Wildman–Crippen MR) is 124 cm³/mol. The molecule has 0 aromatic rings. The van der Waals surface area contributed by atoms with E-state index in [0.717, 1.165) is 0 Å². The van der Waals surface area contributed by atoms with E-state index in [1.807, 2.05) is 6.92 Å². The van der Waals surface area contributed by atoms with E-state index in [9.17, 15) is 40.5 Å². The molecule has 0 aromatic carbocycles. The molecule has 36 heavy (non-hydrogen) atoms. The van der Waals surface area contributed by atoms with Gasteiger partial charge < -0.3 is 45.2 Å². The molecule has 1 unspecified atom stereocenters. The fourth-order valence-corrected chi connectivity index (χ4v) is 9.14. The van der Waals surface area contributed by atoms with Crippen molar-refractivity contribution in [3.8, 4) is 0 Å². The molecule has 1 saturated heterocycles. The van der Waals surface area contributed by atoms with Gasteiger partial charge in [-0.2, -0.15) is 0 Å². The highest BCUT2D eigenvalue weighted by Gasteiger charge is 2.73. The standard InChI is InChI=1S/C26H40O10/c1-11-12-7-13(28)20-24(2)5-4-6-25(3,23(33)34)15(24)8-16(26(20,9-12)21(11)32)36-22-19(31)18(30)17(29)14(10-27)35-22/h12-22,27-32H,1,4-10H2,2-3H3,(H,33,34)/t12-,13-,14-,15+,16?,17-,18+,19-,20+,21-,22+,24-,25-,26+/m1/s1. The number of aliphatic hydroxyl groups is 6. The second kappa shape index (κ2) is 8.71. The highest BCUT2D eigenvalue weighted by molar-refractivity contribution is 5.75. The number of hydrogen-bond donors (Lipinski definition) is 7. The largest absolute Gasteiger partial charge is 0.481 e. The first-order valence-electron chi connectivity index (χ1n) is 13.1. The van der Waals surface area contributed by atoms with Gasteiger partial charge in [-0.3, -0.25) is 4.79 Å². The van der Waals surface area contributed by atoms with Gasteiger partial charge in [0, 0.05) is 11.3 Å². The van der Waals surface area contributed by atoms with Gasteiger partial charge in [-0.1, -0.05) is 19.9 Å². The average Bonchev–Trinajstić information content (AvgIpc) is 3.01. The van der Waals surface area contributed by atoms with Crippen molar-refractivity contribution >= 4 is 5.97 Å². The summed E-state index contributed by atoms with van der Waals surface area (Å²) in [5, 5.41) is 74.3. The Morgan fingerprint density at radius 2 is 1.78 bits per heavy atom. The van der Waals surface area contributed by atoms with Gasteiger partial charge in [-0.15, -0.1) is 0 Å². The maximum Gasteiger partial charge on any atom is 0.309 e. The normalized spacial score (nSPS) is 56.7. The molecule has 0 radical (unpaired) electrons. The minimum atomic E-state index is -1.63. The van der Waals surface area contributed by atoms with Gasteiger partial charge in [0.2, 0.25) is 0 Å². The van der Waals surface area contributed by atoms with Crippen LogP contribution >= 0.6 is 0 Å². The first kappa shape index (κ1) is 26.5. The Labute approximate surface area is 210 Å². The Morgan fingerprint density at radius 3 is 2.42 bits per heavy atom. The second-order valence-electron chi connectivity index (χ2n) is 12.5. The molecule has 5 aliphatic rings. The number of carboxylic acid groups (broad SMARTS) is 1. The van der Waals surface area contributed by atoms with E-state index in [1.165, 1.54) is 0 Å². The summed E-state index contributed by atoms with van der Waals surface area (Å²) in [5.41, 5.74) is -2.03. The van der Waals surface area contributed by atoms with E-state index in [0.29, 0.717) is 37.7 Å². The molecule has 14 atom stereocenters. The number of carbonyl (C=O) groups is 1. The first-order valence-corrected chi connectivity index (χ1v) is 13.1. The summed E-state index contributed by atoms with van der Waals surface area (Å²) < 4.78 is 12.0. The topological polar surface area (TPSA) is 177 Å². The molecule has 10 nitrogen and oxygen atoms in total. The molecular weight excluding hydrogens is 472 g/mol. The van der Waals surface area contributed by atoms with Crippen LogP contribution in [0.25, 0.3) is 0 Å². The van der Waals surface area contributed by atoms with E-state index < -0.39 is 89.7 Å². The summed E-state index contributed by atoms with van der Waals surface area (Å²) in [6, 6.07) is 0. The highest BCUT2D eigenvalue weighted by Crippen LogP contribution is 2.72. The van der Waals surface area contributed by atoms with E-state index in [4.69, 9.17) is 9.47 Å². The summed E-state index contributed by atoms with van der Waals surface area (Å²) in [6.45, 7) is 7.29. The zero-order valence-electron chi connectivity index (χ0n) is 20.9. The van der Waals surface area contributed by atoms with Crippen LogP contribution in [0, 0.1) is 34.0 Å². The molecule has 2 bridgehead atoms. The summed E-state index contributed by atoms with van der Waals surface area (Å²) in [5.74, 6) is -1.92. The molecule has 1 aliphatic heterocycles. The molecule has 1 spiro atoms. The molecule has 0 aromatic heterocycles. The van der Waals surface area contributed by atoms with E-state index in [-0.39, 0.29) is 12.3 Å². The summed E-state index contributed by atoms with van der Waals surface area (Å²) in [4.78, 5) is 12.6. The Balaban J connectivity index is 1.60. The third kappa shape index (κ3) is 3.35. The van der Waals surface area contributed by atoms with Crippen molar-refractivity contribution in [2.24, 2.45) is 34.0 Å². The third-order valence-corrected chi connectivity index (χ3v) is 10.8. The fraction of sp³-hybridized carbons (Fsp3) is 0.885. The molecule has 1 heterocycles. The zero-order valence-corrected chi connectivity index (χ0v) is 20.9. The van der Waals surface area contributed by atoms with Gasteiger partial charge >= 0.3 is 5.97 Å². The van der Waals surface area contributed by atoms with Crippen molar-refractivity contribution in [1.82, 2.24) is 0 Å². The van der Waals surface area contributed by atoms with E-state index in [2.05, 4.69) is 6.58 Å². The number of carboxylic acids is 1. The van der Waals surface area contributed by atoms with Gasteiger partial charge in [0.05, 0.1) is 30.3 Å². The lowest BCUT2D eigenvalue weighted by Gasteiger charge is -2.67. The zero-order chi connectivity index (χ0) is 26.4. The minimum absolute atomic E-state index is 0.123. The quantitative estimate of drug-likeness (QED) is 0.197. The van der Waals surface area contributed by atoms with Crippen LogP contribution < -0.4 is 0 Å². The van der Waals surface area contributed by atoms with Crippen LogP contribution in [-0.4, -0.2) is 97.3 Å². The van der Waals surface area contributed by atoms with Crippen molar-refractivity contribution in [3.05, 3.63) is 12.2 Å². The molecular formula is C26H40O10. The molecule has 0 amide bonds. The van der Waals surface area contributed by atoms with Crippen LogP contribution in [0.15, 0.2) is 12.2 Å². The van der Waals surface area contributed by atoms with Crippen molar-refractivity contribution < 1.29 is 50.0 Å². The third-order valence-electron chi connectivity index (χ3n) is 10.8. The first-order chi connectivity index (χ1) is 16.8. The lowest BCUT2D eigenvalue weighted by atomic mass is 9.39. The van der Waals surface area contributed by atoms with Gasteiger partial charge in [-0.25, -0.2) is 0 Å². The maximum atomic E-state index is 12.6. The van der Waals surface area contributed by atoms with Crippen LogP contribution in [0.5, 0.6) is 0 Å². The van der Waals surface area contributed by atoms with Crippen LogP contribution in [0.1, 0.15) is 52.4 Å². The SMILES string of the molecule is C=C1[C@@H]2C[C@@H](O)[C@H]3[C@]4(C)CCC[C@@](C)(C(=O)O)[C@H]4CC(O[C@@H]4O[C@H](CO)[C@@H](O)[C@H](O)[C@H]4O)[C@]3(C2)[C@@H]1O. The van der Waals surface area contributed by atoms with Crippen LogP contribution in [-0.2, 0) is 14.3 Å². The number of aliphatic carboxylic acids is 1. The summed E-state index contributed by atoms with van der Waals surface area (Å²) in [6.07, 6.45) is -6.98.